The van der Waals surface area contributed by atoms with Crippen LogP contribution in [0.5, 0.6) is 0 Å². The number of carbonyl (C=O) groups is 1. The molecule has 4 rings (SSSR count). The number of nitrogens with one attached hydrogen (secondary N) is 1. The first-order chi connectivity index (χ1) is 13.5. The number of allylic oxidation sites excluding steroid dienone is 1. The van der Waals surface area contributed by atoms with Gasteiger partial charge in [0.15, 0.2) is 0 Å². The average molecular weight is 381 g/mol. The first kappa shape index (κ1) is 18.9. The summed E-state index contributed by atoms with van der Waals surface area (Å²) < 4.78 is 15.2. The Morgan fingerprint density at radius 2 is 2.14 bits per heavy atom. The Morgan fingerprint density at radius 1 is 1.36 bits per heavy atom. The summed E-state index contributed by atoms with van der Waals surface area (Å²) in [5.74, 6) is 0.356. The van der Waals surface area contributed by atoms with Crippen molar-refractivity contribution >= 4 is 12.0 Å². The molecular weight excluding hydrogens is 353 g/mol. The van der Waals surface area contributed by atoms with Crippen LogP contribution in [0.15, 0.2) is 36.0 Å². The second kappa shape index (κ2) is 7.53. The average Bonchev–Trinajstić information content (AvgIpc) is 3.07. The van der Waals surface area contributed by atoms with E-state index in [2.05, 4.69) is 23.4 Å². The van der Waals surface area contributed by atoms with Gasteiger partial charge in [0.1, 0.15) is 5.82 Å². The summed E-state index contributed by atoms with van der Waals surface area (Å²) in [6.07, 6.45) is 10.0. The maximum atomic E-state index is 13.3. The summed E-state index contributed by atoms with van der Waals surface area (Å²) in [5.41, 5.74) is 4.71. The van der Waals surface area contributed by atoms with Crippen LogP contribution in [-0.2, 0) is 11.2 Å². The Hall–Kier alpha value is -2.43. The van der Waals surface area contributed by atoms with E-state index in [0.717, 1.165) is 50.0 Å². The highest BCUT2D eigenvalue weighted by Crippen LogP contribution is 2.50. The molecule has 2 aromatic rings. The normalized spacial score (nSPS) is 23.5. The molecule has 2 atom stereocenters. The summed E-state index contributed by atoms with van der Waals surface area (Å²) in [7, 11) is 0. The summed E-state index contributed by atoms with van der Waals surface area (Å²) in [6.45, 7) is 5.12. The van der Waals surface area contributed by atoms with Crippen LogP contribution in [0.3, 0.4) is 0 Å². The van der Waals surface area contributed by atoms with Gasteiger partial charge in [0.05, 0.1) is 17.6 Å². The fraction of sp³-hybridized carbons (Fsp3) is 0.478. The van der Waals surface area contributed by atoms with Crippen LogP contribution in [0.2, 0.25) is 0 Å². The van der Waals surface area contributed by atoms with E-state index in [0.29, 0.717) is 12.3 Å². The van der Waals surface area contributed by atoms with E-state index >= 15 is 0 Å². The molecule has 1 aromatic carbocycles. The number of amides is 1. The van der Waals surface area contributed by atoms with Gasteiger partial charge >= 0.3 is 0 Å². The molecule has 5 heteroatoms. The maximum Gasteiger partial charge on any atom is 0.219 e. The largest absolute Gasteiger partial charge is 0.356 e. The Kier molecular flexibility index (Phi) is 5.09. The van der Waals surface area contributed by atoms with Crippen LogP contribution in [0.25, 0.3) is 11.8 Å². The third-order valence-corrected chi connectivity index (χ3v) is 6.48. The van der Waals surface area contributed by atoms with Gasteiger partial charge in [-0.1, -0.05) is 19.4 Å². The second-order valence-electron chi connectivity index (χ2n) is 8.35. The number of carbonyl (C=O) groups excluding carboxylic acids is 1. The van der Waals surface area contributed by atoms with E-state index in [-0.39, 0.29) is 17.1 Å². The third-order valence-electron chi connectivity index (χ3n) is 6.48. The molecule has 148 valence electrons. The van der Waals surface area contributed by atoms with E-state index in [1.54, 1.807) is 12.1 Å². The number of nitrogens with zero attached hydrogens (tertiary/aromatic N) is 2. The van der Waals surface area contributed by atoms with Gasteiger partial charge in [-0.3, -0.25) is 4.79 Å². The summed E-state index contributed by atoms with van der Waals surface area (Å²) in [5, 5.41) is 7.74. The number of hydrogen-bond donors (Lipinski definition) is 1. The lowest BCUT2D eigenvalue weighted by molar-refractivity contribution is -0.121. The lowest BCUT2D eigenvalue weighted by atomic mass is 9.60. The van der Waals surface area contributed by atoms with Gasteiger partial charge in [-0.2, -0.15) is 5.10 Å². The van der Waals surface area contributed by atoms with Crippen LogP contribution in [-0.4, -0.2) is 22.2 Å². The molecule has 0 radical (unpaired) electrons. The van der Waals surface area contributed by atoms with Gasteiger partial charge in [0, 0.05) is 13.0 Å². The Bertz CT molecular complexity index is 899. The monoisotopic (exact) mass is 381 g/mol. The second-order valence-corrected chi connectivity index (χ2v) is 8.35. The van der Waals surface area contributed by atoms with Gasteiger partial charge in [-0.15, -0.1) is 0 Å². The van der Waals surface area contributed by atoms with Crippen molar-refractivity contribution in [2.24, 2.45) is 11.3 Å². The predicted molar refractivity (Wildman–Crippen MR) is 109 cm³/mol. The number of aromatic nitrogens is 2. The van der Waals surface area contributed by atoms with E-state index in [1.165, 1.54) is 23.3 Å². The maximum absolute atomic E-state index is 13.3. The van der Waals surface area contributed by atoms with E-state index in [9.17, 15) is 9.18 Å². The highest BCUT2D eigenvalue weighted by atomic mass is 19.1. The van der Waals surface area contributed by atoms with Crippen molar-refractivity contribution in [3.63, 3.8) is 0 Å². The number of rotatable bonds is 5. The molecule has 1 N–H and O–H groups in total. The number of hydrogen-bond acceptors (Lipinski definition) is 2. The van der Waals surface area contributed by atoms with Crippen molar-refractivity contribution in [1.82, 2.24) is 15.1 Å². The van der Waals surface area contributed by atoms with Crippen molar-refractivity contribution < 1.29 is 9.18 Å². The molecule has 0 aliphatic heterocycles. The lowest BCUT2D eigenvalue weighted by Gasteiger charge is -2.46. The number of benzene rings is 1. The van der Waals surface area contributed by atoms with E-state index in [4.69, 9.17) is 0 Å². The first-order valence-corrected chi connectivity index (χ1v) is 10.3. The van der Waals surface area contributed by atoms with Crippen molar-refractivity contribution in [3.05, 3.63) is 53.1 Å². The SMILES string of the molecule is CCCC(=O)NC[C@H]1CCCC2=Cc3c(cnn3-c3ccc(F)cc3)C[C@@]21C. The zero-order chi connectivity index (χ0) is 19.7. The molecule has 2 aliphatic carbocycles. The highest BCUT2D eigenvalue weighted by Gasteiger charge is 2.43. The molecule has 0 bridgehead atoms. The standard InChI is InChI=1S/C23H28FN3O/c1-3-5-22(28)25-15-18-7-4-6-17-12-21-16(13-23(17,18)2)14-26-27(21)20-10-8-19(24)9-11-20/h8-12,14,18H,3-7,13,15H2,1-2H3,(H,25,28)/t18-,23+/m1/s1. The minimum atomic E-state index is -0.240. The van der Waals surface area contributed by atoms with Gasteiger partial charge in [0.25, 0.3) is 0 Å². The molecule has 1 amide bonds. The summed E-state index contributed by atoms with van der Waals surface area (Å²) in [6, 6.07) is 6.47. The lowest BCUT2D eigenvalue weighted by Crippen LogP contribution is -2.43. The van der Waals surface area contributed by atoms with Gasteiger partial charge in [-0.25, -0.2) is 9.07 Å². The molecule has 0 saturated heterocycles. The van der Waals surface area contributed by atoms with Crippen molar-refractivity contribution in [1.29, 1.82) is 0 Å². The Balaban J connectivity index is 1.60. The number of fused-ring (bicyclic) bond motifs is 2. The molecule has 1 saturated carbocycles. The minimum absolute atomic E-state index is 0.0569. The topological polar surface area (TPSA) is 46.9 Å². The minimum Gasteiger partial charge on any atom is -0.356 e. The molecule has 1 aromatic heterocycles. The fourth-order valence-electron chi connectivity index (χ4n) is 4.81. The van der Waals surface area contributed by atoms with Crippen LogP contribution < -0.4 is 5.32 Å². The van der Waals surface area contributed by atoms with Gasteiger partial charge < -0.3 is 5.32 Å². The van der Waals surface area contributed by atoms with Crippen LogP contribution in [0, 0.1) is 17.2 Å². The predicted octanol–water partition coefficient (Wildman–Crippen LogP) is 4.67. The first-order valence-electron chi connectivity index (χ1n) is 10.3. The van der Waals surface area contributed by atoms with Gasteiger partial charge in [0.2, 0.25) is 5.91 Å². The van der Waals surface area contributed by atoms with Crippen LogP contribution in [0.1, 0.15) is 57.2 Å². The molecule has 2 aliphatic rings. The van der Waals surface area contributed by atoms with E-state index < -0.39 is 0 Å². The van der Waals surface area contributed by atoms with Crippen LogP contribution in [0.4, 0.5) is 4.39 Å². The number of halogens is 1. The quantitative estimate of drug-likeness (QED) is 0.818. The Labute approximate surface area is 165 Å². The van der Waals surface area contributed by atoms with Crippen molar-refractivity contribution in [2.45, 2.75) is 52.4 Å². The molecule has 0 unspecified atom stereocenters. The molecular formula is C23H28FN3O. The smallest absolute Gasteiger partial charge is 0.219 e. The van der Waals surface area contributed by atoms with Crippen molar-refractivity contribution in [3.8, 4) is 5.69 Å². The zero-order valence-electron chi connectivity index (χ0n) is 16.7. The molecule has 0 spiro atoms. The molecule has 1 heterocycles. The van der Waals surface area contributed by atoms with Crippen molar-refractivity contribution in [2.75, 3.05) is 6.54 Å². The molecule has 4 nitrogen and oxygen atoms in total. The fourth-order valence-corrected chi connectivity index (χ4v) is 4.81. The van der Waals surface area contributed by atoms with Gasteiger partial charge in [-0.05, 0) is 79.3 Å². The summed E-state index contributed by atoms with van der Waals surface area (Å²) >= 11 is 0. The Morgan fingerprint density at radius 3 is 2.89 bits per heavy atom. The zero-order valence-corrected chi connectivity index (χ0v) is 16.7. The molecule has 28 heavy (non-hydrogen) atoms. The molecule has 1 fully saturated rings. The summed E-state index contributed by atoms with van der Waals surface area (Å²) in [4.78, 5) is 12.0. The third kappa shape index (κ3) is 3.38. The van der Waals surface area contributed by atoms with E-state index in [1.807, 2.05) is 17.8 Å². The highest BCUT2D eigenvalue weighted by molar-refractivity contribution is 5.75. The van der Waals surface area contributed by atoms with Crippen LogP contribution >= 0.6 is 0 Å².